The van der Waals surface area contributed by atoms with Crippen LogP contribution in [0.15, 0.2) is 78.3 Å². The highest BCUT2D eigenvalue weighted by Gasteiger charge is 2.12. The summed E-state index contributed by atoms with van der Waals surface area (Å²) in [5, 5.41) is 17.5. The Morgan fingerprint density at radius 1 is 1.10 bits per heavy atom. The summed E-state index contributed by atoms with van der Waals surface area (Å²) in [7, 11) is 1.33. The Labute approximate surface area is 177 Å². The predicted octanol–water partition coefficient (Wildman–Crippen LogP) is 5.73. The van der Waals surface area contributed by atoms with Gasteiger partial charge in [0, 0.05) is 17.1 Å². The molecule has 0 radical (unpaired) electrons. The minimum atomic E-state index is -0.446. The molecule has 4 aromatic rings. The molecule has 1 aromatic heterocycles. The molecule has 0 aliphatic rings. The summed E-state index contributed by atoms with van der Waals surface area (Å²) in [6.45, 7) is 0. The normalized spacial score (nSPS) is 11.1. The van der Waals surface area contributed by atoms with Gasteiger partial charge in [-0.05, 0) is 29.0 Å². The molecular weight excluding hydrogens is 394 g/mol. The number of hydrogen-bond donors (Lipinski definition) is 1. The van der Waals surface area contributed by atoms with Gasteiger partial charge in [-0.2, -0.15) is 5.26 Å². The average Bonchev–Trinajstić information content (AvgIpc) is 3.29. The number of carbonyl (C=O) groups excluding carboxylic acids is 1. The van der Waals surface area contributed by atoms with E-state index in [9.17, 15) is 10.1 Å². The number of hydrogen-bond acceptors (Lipinski definition) is 6. The molecule has 1 heterocycles. The van der Waals surface area contributed by atoms with E-state index in [4.69, 9.17) is 4.74 Å². The smallest absolute Gasteiger partial charge is 0.339 e. The zero-order chi connectivity index (χ0) is 20.9. The SMILES string of the molecule is COC(=O)c1ccccc1N/C=C(\C#N)c1nc(-c2ccc3ccccc3c2)cs1. The second-order valence-corrected chi connectivity index (χ2v) is 7.31. The number of ether oxygens (including phenoxy) is 1. The number of aromatic nitrogens is 1. The van der Waals surface area contributed by atoms with E-state index in [0.29, 0.717) is 21.8 Å². The maximum Gasteiger partial charge on any atom is 0.339 e. The number of nitriles is 1. The van der Waals surface area contributed by atoms with Crippen LogP contribution in [0.2, 0.25) is 0 Å². The minimum Gasteiger partial charge on any atom is -0.465 e. The summed E-state index contributed by atoms with van der Waals surface area (Å²) in [6.07, 6.45) is 1.56. The molecule has 0 bridgehead atoms. The summed E-state index contributed by atoms with van der Waals surface area (Å²) in [4.78, 5) is 16.6. The molecule has 30 heavy (non-hydrogen) atoms. The number of allylic oxidation sites excluding steroid dienone is 1. The largest absolute Gasteiger partial charge is 0.465 e. The third kappa shape index (κ3) is 3.93. The number of nitrogens with one attached hydrogen (secondary N) is 1. The van der Waals surface area contributed by atoms with Gasteiger partial charge in [-0.3, -0.25) is 0 Å². The Hall–Kier alpha value is -3.95. The first-order chi connectivity index (χ1) is 14.7. The molecule has 4 rings (SSSR count). The van der Waals surface area contributed by atoms with Crippen molar-refractivity contribution in [1.29, 1.82) is 5.26 Å². The van der Waals surface area contributed by atoms with E-state index in [1.807, 2.05) is 23.6 Å². The Bertz CT molecular complexity index is 1300. The number of methoxy groups -OCH3 is 1. The van der Waals surface area contributed by atoms with Gasteiger partial charge in [-0.1, -0.05) is 48.5 Å². The fourth-order valence-electron chi connectivity index (χ4n) is 3.07. The highest BCUT2D eigenvalue weighted by molar-refractivity contribution is 7.11. The van der Waals surface area contributed by atoms with Gasteiger partial charge in [0.2, 0.25) is 0 Å². The molecule has 0 fully saturated rings. The predicted molar refractivity (Wildman–Crippen MR) is 120 cm³/mol. The van der Waals surface area contributed by atoms with Crippen molar-refractivity contribution >= 4 is 39.3 Å². The lowest BCUT2D eigenvalue weighted by Crippen LogP contribution is -2.05. The molecule has 146 valence electrons. The summed E-state index contributed by atoms with van der Waals surface area (Å²) in [5.74, 6) is -0.446. The van der Waals surface area contributed by atoms with Crippen LogP contribution < -0.4 is 5.32 Å². The van der Waals surface area contributed by atoms with E-state index in [2.05, 4.69) is 40.6 Å². The maximum absolute atomic E-state index is 11.9. The third-order valence-corrected chi connectivity index (χ3v) is 5.48. The molecule has 0 saturated carbocycles. The molecule has 3 aromatic carbocycles. The highest BCUT2D eigenvalue weighted by atomic mass is 32.1. The van der Waals surface area contributed by atoms with Crippen molar-refractivity contribution in [2.24, 2.45) is 0 Å². The van der Waals surface area contributed by atoms with Crippen LogP contribution in [-0.2, 0) is 4.74 Å². The molecular formula is C24H17N3O2S. The molecule has 6 heteroatoms. The highest BCUT2D eigenvalue weighted by Crippen LogP contribution is 2.28. The van der Waals surface area contributed by atoms with E-state index in [-0.39, 0.29) is 0 Å². The second-order valence-electron chi connectivity index (χ2n) is 6.45. The Balaban J connectivity index is 1.61. The van der Waals surface area contributed by atoms with Crippen molar-refractivity contribution in [2.45, 2.75) is 0 Å². The first kappa shape index (κ1) is 19.4. The summed E-state index contributed by atoms with van der Waals surface area (Å²) < 4.78 is 4.80. The number of carbonyl (C=O) groups is 1. The molecule has 5 nitrogen and oxygen atoms in total. The van der Waals surface area contributed by atoms with Gasteiger partial charge in [0.1, 0.15) is 16.6 Å². The van der Waals surface area contributed by atoms with Crippen LogP contribution >= 0.6 is 11.3 Å². The lowest BCUT2D eigenvalue weighted by Gasteiger charge is -2.07. The topological polar surface area (TPSA) is 75.0 Å². The number of benzene rings is 3. The average molecular weight is 411 g/mol. The number of para-hydroxylation sites is 1. The molecule has 1 N–H and O–H groups in total. The standard InChI is InChI=1S/C24H17N3O2S/c1-29-24(28)20-8-4-5-9-21(20)26-14-19(13-25)23-27-22(15-30-23)18-11-10-16-6-2-3-7-17(16)12-18/h2-12,14-15,26H,1H3/b19-14+. The van der Waals surface area contributed by atoms with Crippen molar-refractivity contribution in [3.05, 3.63) is 88.9 Å². The van der Waals surface area contributed by atoms with Crippen LogP contribution in [0.3, 0.4) is 0 Å². The first-order valence-corrected chi connectivity index (χ1v) is 10.1. The molecule has 0 saturated heterocycles. The fraction of sp³-hybridized carbons (Fsp3) is 0.0417. The Morgan fingerprint density at radius 3 is 2.67 bits per heavy atom. The van der Waals surface area contributed by atoms with Gasteiger partial charge in [0.05, 0.1) is 24.1 Å². The number of thiazole rings is 1. The molecule has 0 atom stereocenters. The first-order valence-electron chi connectivity index (χ1n) is 9.19. The van der Waals surface area contributed by atoms with Gasteiger partial charge in [-0.25, -0.2) is 9.78 Å². The summed E-state index contributed by atoms with van der Waals surface area (Å²) in [6, 6.07) is 23.5. The lowest BCUT2D eigenvalue weighted by atomic mass is 10.1. The minimum absolute atomic E-state index is 0.381. The van der Waals surface area contributed by atoms with E-state index in [1.165, 1.54) is 23.8 Å². The zero-order valence-electron chi connectivity index (χ0n) is 16.1. The third-order valence-electron chi connectivity index (χ3n) is 4.60. The number of anilines is 1. The van der Waals surface area contributed by atoms with Crippen LogP contribution in [0.1, 0.15) is 15.4 Å². The van der Waals surface area contributed by atoms with Crippen molar-refractivity contribution in [2.75, 3.05) is 12.4 Å². The number of nitrogens with zero attached hydrogens (tertiary/aromatic N) is 2. The Kier molecular flexibility index (Phi) is 5.55. The van der Waals surface area contributed by atoms with E-state index >= 15 is 0 Å². The van der Waals surface area contributed by atoms with Gasteiger partial charge < -0.3 is 10.1 Å². The Morgan fingerprint density at radius 2 is 1.87 bits per heavy atom. The summed E-state index contributed by atoms with van der Waals surface area (Å²) in [5.41, 5.74) is 3.15. The molecule has 0 aliphatic heterocycles. The van der Waals surface area contributed by atoms with Crippen molar-refractivity contribution < 1.29 is 9.53 Å². The summed E-state index contributed by atoms with van der Waals surface area (Å²) >= 11 is 1.40. The molecule has 0 unspecified atom stereocenters. The van der Waals surface area contributed by atoms with Crippen LogP contribution in [0, 0.1) is 11.3 Å². The second kappa shape index (κ2) is 8.60. The van der Waals surface area contributed by atoms with E-state index < -0.39 is 5.97 Å². The molecule has 0 spiro atoms. The zero-order valence-corrected chi connectivity index (χ0v) is 16.9. The van der Waals surface area contributed by atoms with Crippen LogP contribution in [0.25, 0.3) is 27.6 Å². The van der Waals surface area contributed by atoms with Gasteiger partial charge >= 0.3 is 5.97 Å². The number of fused-ring (bicyclic) bond motifs is 1. The van der Waals surface area contributed by atoms with E-state index in [1.54, 1.807) is 30.5 Å². The van der Waals surface area contributed by atoms with Crippen molar-refractivity contribution in [3.63, 3.8) is 0 Å². The number of esters is 1. The van der Waals surface area contributed by atoms with Crippen molar-refractivity contribution in [3.8, 4) is 17.3 Å². The van der Waals surface area contributed by atoms with Crippen LogP contribution in [0.5, 0.6) is 0 Å². The van der Waals surface area contributed by atoms with Crippen LogP contribution in [0.4, 0.5) is 5.69 Å². The van der Waals surface area contributed by atoms with Gasteiger partial charge in [0.25, 0.3) is 0 Å². The van der Waals surface area contributed by atoms with E-state index in [0.717, 1.165) is 16.6 Å². The van der Waals surface area contributed by atoms with Gasteiger partial charge in [0.15, 0.2) is 0 Å². The van der Waals surface area contributed by atoms with Gasteiger partial charge in [-0.15, -0.1) is 11.3 Å². The molecule has 0 aliphatic carbocycles. The van der Waals surface area contributed by atoms with Crippen molar-refractivity contribution in [1.82, 2.24) is 4.98 Å². The monoisotopic (exact) mass is 411 g/mol. The number of rotatable bonds is 5. The fourth-order valence-corrected chi connectivity index (χ4v) is 3.86. The maximum atomic E-state index is 11.9. The lowest BCUT2D eigenvalue weighted by molar-refractivity contribution is 0.0602. The van der Waals surface area contributed by atoms with Crippen LogP contribution in [-0.4, -0.2) is 18.1 Å². The quantitative estimate of drug-likeness (QED) is 0.335. The molecule has 0 amide bonds.